The van der Waals surface area contributed by atoms with Gasteiger partial charge < -0.3 is 10.1 Å². The summed E-state index contributed by atoms with van der Waals surface area (Å²) in [5, 5.41) is 8.36. The van der Waals surface area contributed by atoms with E-state index in [0.29, 0.717) is 27.0 Å². The lowest BCUT2D eigenvalue weighted by atomic mass is 10.2. The van der Waals surface area contributed by atoms with E-state index in [0.717, 1.165) is 0 Å². The molecule has 128 valence electrons. The fourth-order valence-corrected chi connectivity index (χ4v) is 3.01. The molecule has 3 N–H and O–H groups in total. The van der Waals surface area contributed by atoms with Crippen molar-refractivity contribution >= 4 is 44.8 Å². The van der Waals surface area contributed by atoms with Crippen LogP contribution in [0.4, 0.5) is 5.69 Å². The van der Waals surface area contributed by atoms with Crippen LogP contribution in [-0.2, 0) is 20.6 Å². The van der Waals surface area contributed by atoms with Crippen LogP contribution in [-0.4, -0.2) is 20.9 Å². The molecule has 1 amide bonds. The van der Waals surface area contributed by atoms with Gasteiger partial charge in [-0.3, -0.25) is 4.79 Å². The minimum absolute atomic E-state index is 0.263. The quantitative estimate of drug-likeness (QED) is 0.794. The van der Waals surface area contributed by atoms with Crippen LogP contribution in [0.25, 0.3) is 0 Å². The number of nitrogens with one attached hydrogen (secondary N) is 1. The molecule has 0 atom stereocenters. The van der Waals surface area contributed by atoms with Gasteiger partial charge in [-0.1, -0.05) is 35.3 Å². The van der Waals surface area contributed by atoms with E-state index in [9.17, 15) is 13.2 Å². The number of ether oxygens (including phenoxy) is 1. The molecule has 24 heavy (non-hydrogen) atoms. The largest absolute Gasteiger partial charge is 0.482 e. The highest BCUT2D eigenvalue weighted by molar-refractivity contribution is 7.88. The first-order valence-corrected chi connectivity index (χ1v) is 9.17. The standard InChI is InChI=1S/C15H14Cl2N2O4S/c16-11-4-5-14(13(17)7-11)23-8-15(20)19-12-3-1-2-10(6-12)9-24(18,21)22/h1-7H,8-9H2,(H,19,20)(H2,18,21,22). The number of amides is 1. The van der Waals surface area contributed by atoms with E-state index in [-0.39, 0.29) is 12.4 Å². The molecule has 2 aromatic carbocycles. The minimum atomic E-state index is -3.64. The van der Waals surface area contributed by atoms with Crippen LogP contribution in [0, 0.1) is 0 Å². The molecular formula is C15H14Cl2N2O4S. The Balaban J connectivity index is 1.96. The molecule has 0 saturated carbocycles. The number of sulfonamides is 1. The molecule has 0 fully saturated rings. The van der Waals surface area contributed by atoms with Crippen molar-refractivity contribution in [2.45, 2.75) is 5.75 Å². The molecule has 0 heterocycles. The van der Waals surface area contributed by atoms with Crippen molar-refractivity contribution in [1.29, 1.82) is 0 Å². The summed E-state index contributed by atoms with van der Waals surface area (Å²) < 4.78 is 27.5. The number of primary sulfonamides is 1. The summed E-state index contributed by atoms with van der Waals surface area (Å²) in [5.41, 5.74) is 0.906. The van der Waals surface area contributed by atoms with Gasteiger partial charge in [-0.25, -0.2) is 13.6 Å². The maximum absolute atomic E-state index is 11.9. The van der Waals surface area contributed by atoms with Crippen LogP contribution in [0.5, 0.6) is 5.75 Å². The summed E-state index contributed by atoms with van der Waals surface area (Å²) in [5.74, 6) is -0.402. The van der Waals surface area contributed by atoms with Gasteiger partial charge in [0.1, 0.15) is 5.75 Å². The average Bonchev–Trinajstić information content (AvgIpc) is 2.45. The van der Waals surface area contributed by atoms with Crippen LogP contribution >= 0.6 is 23.2 Å². The van der Waals surface area contributed by atoms with Crippen molar-refractivity contribution in [2.24, 2.45) is 5.14 Å². The second kappa shape index (κ2) is 7.85. The Labute approximate surface area is 149 Å². The van der Waals surface area contributed by atoms with Crippen molar-refractivity contribution in [2.75, 3.05) is 11.9 Å². The molecule has 0 aliphatic carbocycles. The smallest absolute Gasteiger partial charge is 0.262 e. The molecule has 9 heteroatoms. The topological polar surface area (TPSA) is 98.5 Å². The average molecular weight is 389 g/mol. The highest BCUT2D eigenvalue weighted by Crippen LogP contribution is 2.27. The molecule has 0 unspecified atom stereocenters. The minimum Gasteiger partial charge on any atom is -0.482 e. The summed E-state index contributed by atoms with van der Waals surface area (Å²) in [6.45, 7) is -0.263. The van der Waals surface area contributed by atoms with Gasteiger partial charge in [-0.2, -0.15) is 0 Å². The summed E-state index contributed by atoms with van der Waals surface area (Å²) in [7, 11) is -3.64. The summed E-state index contributed by atoms with van der Waals surface area (Å²) in [6, 6.07) is 11.0. The Hall–Kier alpha value is -1.80. The first-order valence-electron chi connectivity index (χ1n) is 6.70. The zero-order valence-corrected chi connectivity index (χ0v) is 14.7. The van der Waals surface area contributed by atoms with Crippen LogP contribution < -0.4 is 15.2 Å². The third kappa shape index (κ3) is 6.01. The second-order valence-electron chi connectivity index (χ2n) is 4.92. The Bertz CT molecular complexity index is 856. The maximum Gasteiger partial charge on any atom is 0.262 e. The SMILES string of the molecule is NS(=O)(=O)Cc1cccc(NC(=O)COc2ccc(Cl)cc2Cl)c1. The van der Waals surface area contributed by atoms with Gasteiger partial charge in [0.05, 0.1) is 10.8 Å². The van der Waals surface area contributed by atoms with E-state index in [1.807, 2.05) is 0 Å². The normalized spacial score (nSPS) is 11.1. The number of nitrogens with two attached hydrogens (primary N) is 1. The van der Waals surface area contributed by atoms with E-state index in [4.69, 9.17) is 33.1 Å². The third-order valence-electron chi connectivity index (χ3n) is 2.83. The third-order valence-corrected chi connectivity index (χ3v) is 4.10. The Morgan fingerprint density at radius 2 is 1.92 bits per heavy atom. The number of carbonyl (C=O) groups excluding carboxylic acids is 1. The molecule has 6 nitrogen and oxygen atoms in total. The number of hydrogen-bond donors (Lipinski definition) is 2. The highest BCUT2D eigenvalue weighted by Gasteiger charge is 2.09. The zero-order chi connectivity index (χ0) is 17.7. The maximum atomic E-state index is 11.9. The van der Waals surface area contributed by atoms with E-state index in [1.165, 1.54) is 12.1 Å². The summed E-state index contributed by atoms with van der Waals surface area (Å²) >= 11 is 11.7. The molecule has 0 radical (unpaired) electrons. The first-order chi connectivity index (χ1) is 11.2. The van der Waals surface area contributed by atoms with Crippen molar-refractivity contribution in [3.05, 3.63) is 58.1 Å². The second-order valence-corrected chi connectivity index (χ2v) is 7.38. The Morgan fingerprint density at radius 3 is 2.58 bits per heavy atom. The van der Waals surface area contributed by atoms with Crippen molar-refractivity contribution < 1.29 is 17.9 Å². The molecule has 0 aliphatic heterocycles. The molecular weight excluding hydrogens is 375 g/mol. The molecule has 0 aliphatic rings. The van der Waals surface area contributed by atoms with Crippen molar-refractivity contribution in [1.82, 2.24) is 0 Å². The zero-order valence-electron chi connectivity index (χ0n) is 12.3. The number of halogens is 2. The van der Waals surface area contributed by atoms with Crippen LogP contribution in [0.3, 0.4) is 0 Å². The van der Waals surface area contributed by atoms with Gasteiger partial charge >= 0.3 is 0 Å². The molecule has 0 aromatic heterocycles. The lowest BCUT2D eigenvalue weighted by Gasteiger charge is -2.10. The van der Waals surface area contributed by atoms with Crippen LogP contribution in [0.2, 0.25) is 10.0 Å². The van der Waals surface area contributed by atoms with Gasteiger partial charge in [0, 0.05) is 10.7 Å². The fraction of sp³-hybridized carbons (Fsp3) is 0.133. The highest BCUT2D eigenvalue weighted by atomic mass is 35.5. The van der Waals surface area contributed by atoms with Crippen molar-refractivity contribution in [3.63, 3.8) is 0 Å². The molecule has 2 rings (SSSR count). The van der Waals surface area contributed by atoms with E-state index in [2.05, 4.69) is 5.32 Å². The van der Waals surface area contributed by atoms with E-state index >= 15 is 0 Å². The molecule has 0 spiro atoms. The van der Waals surface area contributed by atoms with Crippen LogP contribution in [0.15, 0.2) is 42.5 Å². The number of hydrogen-bond acceptors (Lipinski definition) is 4. The number of rotatable bonds is 6. The first kappa shape index (κ1) is 18.5. The van der Waals surface area contributed by atoms with Gasteiger partial charge in [0.2, 0.25) is 10.0 Å². The summed E-state index contributed by atoms with van der Waals surface area (Å²) in [4.78, 5) is 11.9. The van der Waals surface area contributed by atoms with Gasteiger partial charge in [0.15, 0.2) is 6.61 Å². The predicted molar refractivity (Wildman–Crippen MR) is 93.8 cm³/mol. The molecule has 0 saturated heterocycles. The Kier molecular flexibility index (Phi) is 6.06. The number of carbonyl (C=O) groups is 1. The summed E-state index contributed by atoms with van der Waals surface area (Å²) in [6.07, 6.45) is 0. The van der Waals surface area contributed by atoms with Gasteiger partial charge in [-0.05, 0) is 35.9 Å². The molecule has 0 bridgehead atoms. The Morgan fingerprint density at radius 1 is 1.17 bits per heavy atom. The number of anilines is 1. The monoisotopic (exact) mass is 388 g/mol. The van der Waals surface area contributed by atoms with E-state index in [1.54, 1.807) is 30.3 Å². The fourth-order valence-electron chi connectivity index (χ4n) is 1.90. The lowest BCUT2D eigenvalue weighted by molar-refractivity contribution is -0.118. The molecule has 2 aromatic rings. The van der Waals surface area contributed by atoms with E-state index < -0.39 is 15.9 Å². The van der Waals surface area contributed by atoms with Crippen LogP contribution in [0.1, 0.15) is 5.56 Å². The van der Waals surface area contributed by atoms with Gasteiger partial charge in [0.25, 0.3) is 5.91 Å². The number of benzene rings is 2. The van der Waals surface area contributed by atoms with Crippen molar-refractivity contribution in [3.8, 4) is 5.75 Å². The lowest BCUT2D eigenvalue weighted by Crippen LogP contribution is -2.20. The van der Waals surface area contributed by atoms with Gasteiger partial charge in [-0.15, -0.1) is 0 Å². The predicted octanol–water partition coefficient (Wildman–Crippen LogP) is 2.80.